The molecule has 0 aromatic heterocycles. The maximum absolute atomic E-state index is 10.0. The molecule has 1 rings (SSSR count). The van der Waals surface area contributed by atoms with Crippen molar-refractivity contribution < 1.29 is 5.11 Å². The van der Waals surface area contributed by atoms with Crippen molar-refractivity contribution in [3.63, 3.8) is 0 Å². The zero-order valence-corrected chi connectivity index (χ0v) is 7.35. The molecular formula is C8H18N2O. The van der Waals surface area contributed by atoms with Gasteiger partial charge in [-0.2, -0.15) is 0 Å². The second-order valence-electron chi connectivity index (χ2n) is 4.03. The van der Waals surface area contributed by atoms with Crippen molar-refractivity contribution in [3.8, 4) is 0 Å². The van der Waals surface area contributed by atoms with E-state index in [0.29, 0.717) is 6.54 Å². The fourth-order valence-corrected chi connectivity index (χ4v) is 1.44. The minimum atomic E-state index is -0.717. The highest BCUT2D eigenvalue weighted by molar-refractivity contribution is 5.00. The maximum atomic E-state index is 10.0. The van der Waals surface area contributed by atoms with Gasteiger partial charge < -0.3 is 16.2 Å². The van der Waals surface area contributed by atoms with Gasteiger partial charge in [0, 0.05) is 12.1 Å². The molecule has 1 fully saturated rings. The molecule has 1 aliphatic rings. The van der Waals surface area contributed by atoms with E-state index in [0.717, 1.165) is 19.4 Å². The van der Waals surface area contributed by atoms with Gasteiger partial charge in [-0.25, -0.2) is 0 Å². The molecule has 1 saturated heterocycles. The molecule has 0 aromatic carbocycles. The first kappa shape index (κ1) is 8.97. The Bertz CT molecular complexity index is 134. The van der Waals surface area contributed by atoms with Crippen LogP contribution in [0.3, 0.4) is 0 Å². The zero-order valence-electron chi connectivity index (χ0n) is 7.35. The lowest BCUT2D eigenvalue weighted by Gasteiger charge is -2.42. The van der Waals surface area contributed by atoms with E-state index in [-0.39, 0.29) is 0 Å². The molecule has 1 atom stereocenters. The molecule has 0 amide bonds. The highest BCUT2D eigenvalue weighted by Crippen LogP contribution is 2.26. The van der Waals surface area contributed by atoms with Crippen molar-refractivity contribution in [1.29, 1.82) is 0 Å². The Morgan fingerprint density at radius 1 is 1.55 bits per heavy atom. The van der Waals surface area contributed by atoms with E-state index < -0.39 is 11.1 Å². The third kappa shape index (κ3) is 1.72. The van der Waals surface area contributed by atoms with Gasteiger partial charge in [0.15, 0.2) is 0 Å². The third-order valence-electron chi connectivity index (χ3n) is 2.56. The number of hydrogen-bond donors (Lipinski definition) is 3. The summed E-state index contributed by atoms with van der Waals surface area (Å²) in [5.41, 5.74) is 4.64. The second-order valence-corrected chi connectivity index (χ2v) is 4.03. The minimum Gasteiger partial charge on any atom is -0.387 e. The molecule has 11 heavy (non-hydrogen) atoms. The Balaban J connectivity index is 2.64. The van der Waals surface area contributed by atoms with Crippen LogP contribution in [0, 0.1) is 0 Å². The lowest BCUT2D eigenvalue weighted by Crippen LogP contribution is -2.63. The molecule has 0 aromatic rings. The fraction of sp³-hybridized carbons (Fsp3) is 1.00. The predicted molar refractivity (Wildman–Crippen MR) is 45.3 cm³/mol. The van der Waals surface area contributed by atoms with Crippen molar-refractivity contribution in [1.82, 2.24) is 5.32 Å². The van der Waals surface area contributed by atoms with Gasteiger partial charge in [0.1, 0.15) is 0 Å². The Hall–Kier alpha value is -0.120. The summed E-state index contributed by atoms with van der Waals surface area (Å²) < 4.78 is 0. The van der Waals surface area contributed by atoms with Crippen LogP contribution in [0.4, 0.5) is 0 Å². The lowest BCUT2D eigenvalue weighted by atomic mass is 9.78. The molecule has 0 bridgehead atoms. The summed E-state index contributed by atoms with van der Waals surface area (Å²) in [5, 5.41) is 13.2. The number of rotatable bonds is 1. The maximum Gasteiger partial charge on any atom is 0.0944 e. The van der Waals surface area contributed by atoms with Gasteiger partial charge in [-0.15, -0.1) is 0 Å². The van der Waals surface area contributed by atoms with Gasteiger partial charge in [-0.05, 0) is 33.2 Å². The molecule has 4 N–H and O–H groups in total. The van der Waals surface area contributed by atoms with Gasteiger partial charge in [0.05, 0.1) is 5.60 Å². The molecule has 1 heterocycles. The van der Waals surface area contributed by atoms with Gasteiger partial charge in [0.2, 0.25) is 0 Å². The summed E-state index contributed by atoms with van der Waals surface area (Å²) in [6, 6.07) is 0. The molecular weight excluding hydrogens is 140 g/mol. The first-order valence-electron chi connectivity index (χ1n) is 4.18. The van der Waals surface area contributed by atoms with E-state index in [2.05, 4.69) is 5.32 Å². The van der Waals surface area contributed by atoms with Crippen LogP contribution in [0.5, 0.6) is 0 Å². The molecule has 0 aliphatic carbocycles. The van der Waals surface area contributed by atoms with Crippen molar-refractivity contribution in [3.05, 3.63) is 0 Å². The van der Waals surface area contributed by atoms with Crippen LogP contribution in [0.2, 0.25) is 0 Å². The predicted octanol–water partition coefficient (Wildman–Crippen LogP) is -0.162. The number of β-amino-alcohol motifs (C(OH)–C–C–N with tert-alkyl or cyclic N) is 1. The standard InChI is InChI=1S/C8H18N2O/c1-7(2,9)8(11)4-3-5-10-6-8/h10-11H,3-6,9H2,1-2H3. The number of aliphatic hydroxyl groups is 1. The van der Waals surface area contributed by atoms with Crippen LogP contribution in [0.25, 0.3) is 0 Å². The molecule has 3 heteroatoms. The van der Waals surface area contributed by atoms with E-state index in [1.165, 1.54) is 0 Å². The SMILES string of the molecule is CC(C)(N)C1(O)CCCNC1. The molecule has 1 aliphatic heterocycles. The average molecular weight is 158 g/mol. The molecule has 0 radical (unpaired) electrons. The van der Waals surface area contributed by atoms with Crippen LogP contribution in [-0.2, 0) is 0 Å². The van der Waals surface area contributed by atoms with Crippen LogP contribution >= 0.6 is 0 Å². The first-order chi connectivity index (χ1) is 4.96. The third-order valence-corrected chi connectivity index (χ3v) is 2.56. The first-order valence-corrected chi connectivity index (χ1v) is 4.18. The average Bonchev–Trinajstić information content (AvgIpc) is 1.87. The van der Waals surface area contributed by atoms with Crippen molar-refractivity contribution in [2.45, 2.75) is 37.8 Å². The molecule has 3 nitrogen and oxygen atoms in total. The zero-order chi connectivity index (χ0) is 8.54. The second kappa shape index (κ2) is 2.73. The summed E-state index contributed by atoms with van der Waals surface area (Å²) in [7, 11) is 0. The van der Waals surface area contributed by atoms with Crippen LogP contribution in [0.15, 0.2) is 0 Å². The smallest absolute Gasteiger partial charge is 0.0944 e. The molecule has 1 unspecified atom stereocenters. The summed E-state index contributed by atoms with van der Waals surface area (Å²) in [6.07, 6.45) is 1.82. The van der Waals surface area contributed by atoms with Crippen LogP contribution < -0.4 is 11.1 Å². The Labute approximate surface area is 68.0 Å². The number of nitrogens with two attached hydrogens (primary N) is 1. The topological polar surface area (TPSA) is 58.3 Å². The number of nitrogens with one attached hydrogen (secondary N) is 1. The number of hydrogen-bond acceptors (Lipinski definition) is 3. The molecule has 66 valence electrons. The van der Waals surface area contributed by atoms with Crippen LogP contribution in [0.1, 0.15) is 26.7 Å². The van der Waals surface area contributed by atoms with E-state index in [1.54, 1.807) is 0 Å². The van der Waals surface area contributed by atoms with E-state index in [4.69, 9.17) is 5.73 Å². The summed E-state index contributed by atoms with van der Waals surface area (Å²) in [4.78, 5) is 0. The summed E-state index contributed by atoms with van der Waals surface area (Å²) >= 11 is 0. The minimum absolute atomic E-state index is 0.500. The Morgan fingerprint density at radius 2 is 2.18 bits per heavy atom. The van der Waals surface area contributed by atoms with E-state index in [1.807, 2.05) is 13.8 Å². The highest BCUT2D eigenvalue weighted by atomic mass is 16.3. The quantitative estimate of drug-likeness (QED) is 0.497. The van der Waals surface area contributed by atoms with Gasteiger partial charge in [-0.3, -0.25) is 0 Å². The lowest BCUT2D eigenvalue weighted by molar-refractivity contribution is -0.0397. The van der Waals surface area contributed by atoms with Gasteiger partial charge in [0.25, 0.3) is 0 Å². The van der Waals surface area contributed by atoms with Crippen molar-refractivity contribution >= 4 is 0 Å². The number of piperidine rings is 1. The molecule has 0 saturated carbocycles. The normalized spacial score (nSPS) is 33.8. The monoisotopic (exact) mass is 158 g/mol. The van der Waals surface area contributed by atoms with E-state index >= 15 is 0 Å². The fourth-order valence-electron chi connectivity index (χ4n) is 1.44. The van der Waals surface area contributed by atoms with E-state index in [9.17, 15) is 5.11 Å². The Morgan fingerprint density at radius 3 is 2.45 bits per heavy atom. The van der Waals surface area contributed by atoms with Crippen molar-refractivity contribution in [2.75, 3.05) is 13.1 Å². The summed E-state index contributed by atoms with van der Waals surface area (Å²) in [5.74, 6) is 0. The largest absolute Gasteiger partial charge is 0.387 e. The Kier molecular flexibility index (Phi) is 2.23. The highest BCUT2D eigenvalue weighted by Gasteiger charge is 2.41. The van der Waals surface area contributed by atoms with Gasteiger partial charge >= 0.3 is 0 Å². The van der Waals surface area contributed by atoms with Crippen molar-refractivity contribution in [2.24, 2.45) is 5.73 Å². The summed E-state index contributed by atoms with van der Waals surface area (Å²) in [6.45, 7) is 5.37. The van der Waals surface area contributed by atoms with Crippen LogP contribution in [-0.4, -0.2) is 29.3 Å². The van der Waals surface area contributed by atoms with Gasteiger partial charge in [-0.1, -0.05) is 0 Å². The molecule has 0 spiro atoms.